The van der Waals surface area contributed by atoms with Crippen molar-refractivity contribution in [2.75, 3.05) is 45.1 Å². The lowest BCUT2D eigenvalue weighted by Gasteiger charge is -2.25. The fourth-order valence-electron chi connectivity index (χ4n) is 5.11. The highest BCUT2D eigenvalue weighted by Gasteiger charge is 2.32. The highest BCUT2D eigenvalue weighted by atomic mass is 32.2. The SMILES string of the molecule is CC(C)CN(CC(C)C)S(=O)(=O)c1ccc(C(=O)Nc2sc3c(c2C(=O)N2CCCC2)CCN(C)C3)cc1. The van der Waals surface area contributed by atoms with E-state index in [0.29, 0.717) is 29.2 Å². The van der Waals surface area contributed by atoms with Crippen LogP contribution in [-0.4, -0.2) is 74.1 Å². The third-order valence-corrected chi connectivity index (χ3v) is 9.95. The van der Waals surface area contributed by atoms with E-state index in [1.165, 1.54) is 27.8 Å². The molecule has 0 atom stereocenters. The minimum Gasteiger partial charge on any atom is -0.339 e. The quantitative estimate of drug-likeness (QED) is 0.487. The van der Waals surface area contributed by atoms with Crippen molar-refractivity contribution < 1.29 is 18.0 Å². The number of hydrogen-bond acceptors (Lipinski definition) is 6. The number of anilines is 1. The largest absolute Gasteiger partial charge is 0.339 e. The first-order valence-electron chi connectivity index (χ1n) is 13.5. The number of benzene rings is 1. The van der Waals surface area contributed by atoms with Gasteiger partial charge in [0.1, 0.15) is 5.00 Å². The van der Waals surface area contributed by atoms with Crippen LogP contribution in [0.4, 0.5) is 5.00 Å². The van der Waals surface area contributed by atoms with Gasteiger partial charge in [0.05, 0.1) is 10.5 Å². The summed E-state index contributed by atoms with van der Waals surface area (Å²) in [4.78, 5) is 32.1. The molecule has 8 nitrogen and oxygen atoms in total. The molecule has 3 heterocycles. The predicted molar refractivity (Wildman–Crippen MR) is 152 cm³/mol. The summed E-state index contributed by atoms with van der Waals surface area (Å²) in [7, 11) is -1.62. The lowest BCUT2D eigenvalue weighted by atomic mass is 10.0. The summed E-state index contributed by atoms with van der Waals surface area (Å²) in [5, 5.41) is 3.58. The molecule has 1 aromatic carbocycles. The first-order valence-corrected chi connectivity index (χ1v) is 15.8. The van der Waals surface area contributed by atoms with Gasteiger partial charge < -0.3 is 15.1 Å². The molecule has 0 aliphatic carbocycles. The number of likely N-dealkylation sites (tertiary alicyclic amines) is 1. The maximum atomic E-state index is 13.5. The minimum absolute atomic E-state index is 0.00306. The third-order valence-electron chi connectivity index (χ3n) is 6.97. The summed E-state index contributed by atoms with van der Waals surface area (Å²) in [6.07, 6.45) is 2.79. The topological polar surface area (TPSA) is 90.0 Å². The van der Waals surface area contributed by atoms with E-state index in [1.807, 2.05) is 32.6 Å². The summed E-state index contributed by atoms with van der Waals surface area (Å²) in [5.74, 6) is 0.0409. The van der Waals surface area contributed by atoms with Gasteiger partial charge in [-0.2, -0.15) is 4.31 Å². The Kier molecular flexibility index (Phi) is 8.96. The molecule has 38 heavy (non-hydrogen) atoms. The van der Waals surface area contributed by atoms with Crippen LogP contribution in [0, 0.1) is 11.8 Å². The molecule has 208 valence electrons. The van der Waals surface area contributed by atoms with Crippen LogP contribution in [0.3, 0.4) is 0 Å². The van der Waals surface area contributed by atoms with Gasteiger partial charge in [0.2, 0.25) is 10.0 Å². The Bertz CT molecular complexity index is 1250. The number of nitrogens with zero attached hydrogens (tertiary/aromatic N) is 3. The van der Waals surface area contributed by atoms with E-state index in [9.17, 15) is 18.0 Å². The van der Waals surface area contributed by atoms with Gasteiger partial charge in [0.15, 0.2) is 0 Å². The number of amides is 2. The average Bonchev–Trinajstić information content (AvgIpc) is 3.50. The van der Waals surface area contributed by atoms with Gasteiger partial charge in [-0.05, 0) is 68.0 Å². The van der Waals surface area contributed by atoms with Gasteiger partial charge in [-0.25, -0.2) is 8.42 Å². The van der Waals surface area contributed by atoms with E-state index in [4.69, 9.17) is 0 Å². The lowest BCUT2D eigenvalue weighted by Crippen LogP contribution is -2.37. The van der Waals surface area contributed by atoms with Crippen molar-refractivity contribution in [3.63, 3.8) is 0 Å². The number of carbonyl (C=O) groups excluding carboxylic acids is 2. The summed E-state index contributed by atoms with van der Waals surface area (Å²) in [5.41, 5.74) is 2.04. The molecule has 0 saturated carbocycles. The number of thiophene rings is 1. The number of rotatable bonds is 9. The summed E-state index contributed by atoms with van der Waals surface area (Å²) >= 11 is 1.47. The molecule has 1 fully saturated rings. The number of carbonyl (C=O) groups is 2. The minimum atomic E-state index is -3.68. The van der Waals surface area contributed by atoms with Gasteiger partial charge in [-0.15, -0.1) is 11.3 Å². The number of fused-ring (bicyclic) bond motifs is 1. The maximum absolute atomic E-state index is 13.5. The number of nitrogens with one attached hydrogen (secondary N) is 1. The summed E-state index contributed by atoms with van der Waals surface area (Å²) in [6.45, 7) is 12.0. The molecule has 0 unspecified atom stereocenters. The second-order valence-corrected chi connectivity index (χ2v) is 14.3. The normalized spacial score (nSPS) is 16.5. The zero-order valence-corrected chi connectivity index (χ0v) is 24.8. The number of sulfonamides is 1. The van der Waals surface area contributed by atoms with Crippen LogP contribution < -0.4 is 5.32 Å². The van der Waals surface area contributed by atoms with Crippen LogP contribution >= 0.6 is 11.3 Å². The molecule has 1 saturated heterocycles. The molecule has 0 spiro atoms. The Hall–Kier alpha value is -2.27. The van der Waals surface area contributed by atoms with Crippen molar-refractivity contribution in [2.45, 2.75) is 58.4 Å². The van der Waals surface area contributed by atoms with Crippen molar-refractivity contribution in [3.05, 3.63) is 45.8 Å². The second-order valence-electron chi connectivity index (χ2n) is 11.3. The molecule has 0 radical (unpaired) electrons. The second kappa shape index (κ2) is 11.9. The van der Waals surface area contributed by atoms with E-state index in [0.717, 1.165) is 55.9 Å². The molecule has 10 heteroatoms. The predicted octanol–water partition coefficient (Wildman–Crippen LogP) is 4.53. The lowest BCUT2D eigenvalue weighted by molar-refractivity contribution is 0.0792. The first-order chi connectivity index (χ1) is 18.0. The zero-order valence-electron chi connectivity index (χ0n) is 23.1. The van der Waals surface area contributed by atoms with Gasteiger partial charge in [0, 0.05) is 49.7 Å². The van der Waals surface area contributed by atoms with Crippen molar-refractivity contribution in [2.24, 2.45) is 11.8 Å². The van der Waals surface area contributed by atoms with Crippen LogP contribution in [0.2, 0.25) is 0 Å². The van der Waals surface area contributed by atoms with Crippen LogP contribution in [0.5, 0.6) is 0 Å². The Morgan fingerprint density at radius 1 is 1.00 bits per heavy atom. The van der Waals surface area contributed by atoms with E-state index in [-0.39, 0.29) is 28.5 Å². The molecule has 1 aromatic heterocycles. The summed E-state index contributed by atoms with van der Waals surface area (Å²) in [6, 6.07) is 6.11. The fourth-order valence-corrected chi connectivity index (χ4v) is 8.19. The van der Waals surface area contributed by atoms with Gasteiger partial charge in [-0.1, -0.05) is 27.7 Å². The van der Waals surface area contributed by atoms with Gasteiger partial charge in [-0.3, -0.25) is 9.59 Å². The molecule has 1 N–H and O–H groups in total. The summed E-state index contributed by atoms with van der Waals surface area (Å²) < 4.78 is 28.2. The van der Waals surface area contributed by atoms with Crippen molar-refractivity contribution in [3.8, 4) is 0 Å². The van der Waals surface area contributed by atoms with Crippen LogP contribution in [0.1, 0.15) is 71.7 Å². The maximum Gasteiger partial charge on any atom is 0.257 e. The monoisotopic (exact) mass is 560 g/mol. The highest BCUT2D eigenvalue weighted by molar-refractivity contribution is 7.89. The van der Waals surface area contributed by atoms with Crippen molar-refractivity contribution in [1.29, 1.82) is 0 Å². The highest BCUT2D eigenvalue weighted by Crippen LogP contribution is 2.38. The smallest absolute Gasteiger partial charge is 0.257 e. The molecule has 2 aliphatic rings. The van der Waals surface area contributed by atoms with E-state index < -0.39 is 10.0 Å². The van der Waals surface area contributed by atoms with E-state index in [1.54, 1.807) is 12.1 Å². The Labute approximate surface area is 231 Å². The Morgan fingerprint density at radius 2 is 1.61 bits per heavy atom. The van der Waals surface area contributed by atoms with Crippen LogP contribution in [0.15, 0.2) is 29.2 Å². The van der Waals surface area contributed by atoms with Crippen molar-refractivity contribution >= 4 is 38.2 Å². The Balaban J connectivity index is 1.57. The molecule has 4 rings (SSSR count). The zero-order chi connectivity index (χ0) is 27.6. The molecule has 2 aromatic rings. The number of likely N-dealkylation sites (N-methyl/N-ethyl adjacent to an activating group) is 1. The van der Waals surface area contributed by atoms with E-state index >= 15 is 0 Å². The molecule has 0 bridgehead atoms. The standard InChI is InChI=1S/C28H40N4O4S2/c1-19(2)16-32(17-20(3)4)38(35,36)22-10-8-21(9-11-22)26(33)29-27-25(28(34)31-13-6-7-14-31)23-12-15-30(5)18-24(23)37-27/h8-11,19-20H,6-7,12-18H2,1-5H3,(H,29,33). The van der Waals surface area contributed by atoms with Crippen LogP contribution in [-0.2, 0) is 23.0 Å². The number of hydrogen-bond donors (Lipinski definition) is 1. The van der Waals surface area contributed by atoms with Gasteiger partial charge >= 0.3 is 0 Å². The third kappa shape index (κ3) is 6.30. The fraction of sp³-hybridized carbons (Fsp3) is 0.571. The van der Waals surface area contributed by atoms with Gasteiger partial charge in [0.25, 0.3) is 11.8 Å². The van der Waals surface area contributed by atoms with Crippen LogP contribution in [0.25, 0.3) is 0 Å². The first kappa shape index (κ1) is 28.7. The van der Waals surface area contributed by atoms with Crippen molar-refractivity contribution in [1.82, 2.24) is 14.1 Å². The molecular weight excluding hydrogens is 520 g/mol. The Morgan fingerprint density at radius 3 is 2.18 bits per heavy atom. The van der Waals surface area contributed by atoms with E-state index in [2.05, 4.69) is 17.3 Å². The molecule has 2 amide bonds. The molecular formula is C28H40N4O4S2. The molecule has 2 aliphatic heterocycles. The average molecular weight is 561 g/mol.